The lowest BCUT2D eigenvalue weighted by atomic mass is 10.0. The second-order valence-corrected chi connectivity index (χ2v) is 5.46. The first-order valence-electron chi connectivity index (χ1n) is 5.63. The van der Waals surface area contributed by atoms with Gasteiger partial charge in [0.1, 0.15) is 0 Å². The van der Waals surface area contributed by atoms with Crippen molar-refractivity contribution >= 4 is 11.3 Å². The number of nitrogens with two attached hydrogens (primary N) is 1. The molecule has 84 valence electrons. The van der Waals surface area contributed by atoms with E-state index in [1.807, 2.05) is 6.20 Å². The fourth-order valence-electron chi connectivity index (χ4n) is 2.14. The van der Waals surface area contributed by atoms with Gasteiger partial charge in [-0.15, -0.1) is 11.3 Å². The van der Waals surface area contributed by atoms with Gasteiger partial charge in [-0.3, -0.25) is 0 Å². The minimum atomic E-state index is 0.623. The summed E-state index contributed by atoms with van der Waals surface area (Å²) in [5.74, 6) is 0. The second kappa shape index (κ2) is 5.05. The molecule has 0 radical (unpaired) electrons. The van der Waals surface area contributed by atoms with Crippen molar-refractivity contribution in [2.75, 3.05) is 13.6 Å². The van der Waals surface area contributed by atoms with Gasteiger partial charge in [-0.2, -0.15) is 0 Å². The van der Waals surface area contributed by atoms with Crippen molar-refractivity contribution in [3.05, 3.63) is 16.1 Å². The normalized spacial score (nSPS) is 23.2. The third-order valence-corrected chi connectivity index (χ3v) is 4.18. The SMILES string of the molecule is CN1CCCCC1Cc1ncc(CN)s1. The number of likely N-dealkylation sites (N-methyl/N-ethyl adjacent to an activating group) is 1. The Morgan fingerprint density at radius 3 is 3.13 bits per heavy atom. The van der Waals surface area contributed by atoms with Crippen LogP contribution in [-0.4, -0.2) is 29.5 Å². The topological polar surface area (TPSA) is 42.2 Å². The Labute approximate surface area is 95.3 Å². The summed E-state index contributed by atoms with van der Waals surface area (Å²) in [7, 11) is 2.22. The summed E-state index contributed by atoms with van der Waals surface area (Å²) in [5.41, 5.74) is 5.58. The lowest BCUT2D eigenvalue weighted by Gasteiger charge is -2.31. The van der Waals surface area contributed by atoms with Crippen molar-refractivity contribution in [2.24, 2.45) is 5.73 Å². The number of thiazole rings is 1. The molecule has 2 N–H and O–H groups in total. The van der Waals surface area contributed by atoms with Gasteiger partial charge in [0.25, 0.3) is 0 Å². The van der Waals surface area contributed by atoms with E-state index in [9.17, 15) is 0 Å². The average Bonchev–Trinajstić information content (AvgIpc) is 2.69. The summed E-state index contributed by atoms with van der Waals surface area (Å²) in [6.45, 7) is 1.86. The van der Waals surface area contributed by atoms with E-state index in [-0.39, 0.29) is 0 Å². The third kappa shape index (κ3) is 2.77. The molecule has 1 aromatic heterocycles. The van der Waals surface area contributed by atoms with Crippen LogP contribution in [0.4, 0.5) is 0 Å². The van der Waals surface area contributed by atoms with E-state index in [4.69, 9.17) is 5.73 Å². The Balaban J connectivity index is 1.95. The first kappa shape index (κ1) is 11.0. The van der Waals surface area contributed by atoms with Crippen molar-refractivity contribution in [3.8, 4) is 0 Å². The summed E-state index contributed by atoms with van der Waals surface area (Å²) in [6.07, 6.45) is 7.04. The maximum Gasteiger partial charge on any atom is 0.0943 e. The average molecular weight is 225 g/mol. The van der Waals surface area contributed by atoms with E-state index in [0.29, 0.717) is 12.6 Å². The van der Waals surface area contributed by atoms with Crippen LogP contribution in [0.2, 0.25) is 0 Å². The first-order chi connectivity index (χ1) is 7.29. The van der Waals surface area contributed by atoms with Crippen LogP contribution in [0.15, 0.2) is 6.20 Å². The van der Waals surface area contributed by atoms with Gasteiger partial charge in [0.15, 0.2) is 0 Å². The Kier molecular flexibility index (Phi) is 3.72. The maximum absolute atomic E-state index is 5.58. The molecule has 0 spiro atoms. The molecule has 0 aliphatic carbocycles. The third-order valence-electron chi connectivity index (χ3n) is 3.13. The fourth-order valence-corrected chi connectivity index (χ4v) is 3.01. The van der Waals surface area contributed by atoms with Gasteiger partial charge >= 0.3 is 0 Å². The summed E-state index contributed by atoms with van der Waals surface area (Å²) in [5, 5.41) is 1.24. The molecule has 0 saturated carbocycles. The molecule has 3 nitrogen and oxygen atoms in total. The van der Waals surface area contributed by atoms with Crippen LogP contribution in [0.25, 0.3) is 0 Å². The van der Waals surface area contributed by atoms with Crippen LogP contribution in [0.1, 0.15) is 29.1 Å². The van der Waals surface area contributed by atoms with Crippen LogP contribution in [0, 0.1) is 0 Å². The predicted molar refractivity (Wildman–Crippen MR) is 64.0 cm³/mol. The van der Waals surface area contributed by atoms with E-state index >= 15 is 0 Å². The zero-order valence-corrected chi connectivity index (χ0v) is 10.1. The molecule has 1 aromatic rings. The molecule has 1 saturated heterocycles. The van der Waals surface area contributed by atoms with Crippen molar-refractivity contribution in [2.45, 2.75) is 38.3 Å². The number of nitrogens with zero attached hydrogens (tertiary/aromatic N) is 2. The lowest BCUT2D eigenvalue weighted by Crippen LogP contribution is -2.37. The largest absolute Gasteiger partial charge is 0.326 e. The summed E-state index contributed by atoms with van der Waals surface area (Å²) >= 11 is 1.77. The molecular formula is C11H19N3S. The van der Waals surface area contributed by atoms with E-state index in [1.165, 1.54) is 35.7 Å². The molecule has 2 heterocycles. The minimum Gasteiger partial charge on any atom is -0.326 e. The molecule has 4 heteroatoms. The summed E-state index contributed by atoms with van der Waals surface area (Å²) in [4.78, 5) is 8.09. The van der Waals surface area contributed by atoms with Gasteiger partial charge < -0.3 is 10.6 Å². The number of piperidine rings is 1. The van der Waals surface area contributed by atoms with Crippen LogP contribution < -0.4 is 5.73 Å². The highest BCUT2D eigenvalue weighted by Gasteiger charge is 2.20. The molecular weight excluding hydrogens is 206 g/mol. The van der Waals surface area contributed by atoms with Crippen molar-refractivity contribution in [3.63, 3.8) is 0 Å². The zero-order chi connectivity index (χ0) is 10.7. The predicted octanol–water partition coefficient (Wildman–Crippen LogP) is 1.63. The Bertz CT molecular complexity index is 311. The van der Waals surface area contributed by atoms with Crippen molar-refractivity contribution < 1.29 is 0 Å². The molecule has 2 rings (SSSR count). The smallest absolute Gasteiger partial charge is 0.0943 e. The quantitative estimate of drug-likeness (QED) is 0.850. The Hall–Kier alpha value is -0.450. The first-order valence-corrected chi connectivity index (χ1v) is 6.45. The Morgan fingerprint density at radius 2 is 2.47 bits per heavy atom. The highest BCUT2D eigenvalue weighted by atomic mass is 32.1. The van der Waals surface area contributed by atoms with Crippen LogP contribution in [0.5, 0.6) is 0 Å². The number of rotatable bonds is 3. The molecule has 1 aliphatic heterocycles. The monoisotopic (exact) mass is 225 g/mol. The van der Waals surface area contributed by atoms with Gasteiger partial charge in [-0.25, -0.2) is 4.98 Å². The number of hydrogen-bond acceptors (Lipinski definition) is 4. The molecule has 0 aromatic carbocycles. The zero-order valence-electron chi connectivity index (χ0n) is 9.28. The van der Waals surface area contributed by atoms with Crippen LogP contribution >= 0.6 is 11.3 Å². The van der Waals surface area contributed by atoms with E-state index in [0.717, 1.165) is 6.42 Å². The standard InChI is InChI=1S/C11H19N3S/c1-14-5-3-2-4-9(14)6-11-13-8-10(7-12)15-11/h8-9H,2-7,12H2,1H3. The molecule has 15 heavy (non-hydrogen) atoms. The van der Waals surface area contributed by atoms with Gasteiger partial charge in [0, 0.05) is 30.1 Å². The minimum absolute atomic E-state index is 0.623. The molecule has 1 unspecified atom stereocenters. The number of aromatic nitrogens is 1. The van der Waals surface area contributed by atoms with E-state index in [2.05, 4.69) is 16.9 Å². The fraction of sp³-hybridized carbons (Fsp3) is 0.727. The van der Waals surface area contributed by atoms with Gasteiger partial charge in [0.05, 0.1) is 5.01 Å². The van der Waals surface area contributed by atoms with E-state index < -0.39 is 0 Å². The summed E-state index contributed by atoms with van der Waals surface area (Å²) < 4.78 is 0. The van der Waals surface area contributed by atoms with Gasteiger partial charge in [0.2, 0.25) is 0 Å². The lowest BCUT2D eigenvalue weighted by molar-refractivity contribution is 0.184. The van der Waals surface area contributed by atoms with Gasteiger partial charge in [-0.1, -0.05) is 6.42 Å². The molecule has 0 bridgehead atoms. The molecule has 1 aliphatic rings. The Morgan fingerprint density at radius 1 is 1.60 bits per heavy atom. The molecule has 0 amide bonds. The molecule has 1 fully saturated rings. The summed E-state index contributed by atoms with van der Waals surface area (Å²) in [6, 6.07) is 0.690. The molecule has 1 atom stereocenters. The maximum atomic E-state index is 5.58. The van der Waals surface area contributed by atoms with Crippen LogP contribution in [-0.2, 0) is 13.0 Å². The van der Waals surface area contributed by atoms with Crippen LogP contribution in [0.3, 0.4) is 0 Å². The van der Waals surface area contributed by atoms with Gasteiger partial charge in [-0.05, 0) is 26.4 Å². The highest BCUT2D eigenvalue weighted by molar-refractivity contribution is 7.11. The second-order valence-electron chi connectivity index (χ2n) is 4.26. The van der Waals surface area contributed by atoms with E-state index in [1.54, 1.807) is 11.3 Å². The number of hydrogen-bond donors (Lipinski definition) is 1. The highest BCUT2D eigenvalue weighted by Crippen LogP contribution is 2.21. The van der Waals surface area contributed by atoms with Crippen molar-refractivity contribution in [1.29, 1.82) is 0 Å². The van der Waals surface area contributed by atoms with Crippen molar-refractivity contribution in [1.82, 2.24) is 9.88 Å². The number of likely N-dealkylation sites (tertiary alicyclic amines) is 1.